The highest BCUT2D eigenvalue weighted by Gasteiger charge is 2.38. The van der Waals surface area contributed by atoms with Crippen molar-refractivity contribution in [2.24, 2.45) is 0 Å². The van der Waals surface area contributed by atoms with Crippen molar-refractivity contribution in [3.8, 4) is 0 Å². The van der Waals surface area contributed by atoms with Gasteiger partial charge in [-0.1, -0.05) is 24.4 Å². The van der Waals surface area contributed by atoms with Crippen molar-refractivity contribution in [3.05, 3.63) is 28.7 Å². The third kappa shape index (κ3) is 2.93. The van der Waals surface area contributed by atoms with E-state index >= 15 is 0 Å². The molecule has 4 nitrogen and oxygen atoms in total. The van der Waals surface area contributed by atoms with Gasteiger partial charge in [0.1, 0.15) is 6.26 Å². The summed E-state index contributed by atoms with van der Waals surface area (Å²) in [7, 11) is -0.331. The Bertz CT molecular complexity index is 446. The zero-order valence-electron chi connectivity index (χ0n) is 10.6. The SMILES string of the molecule is CN(c1ccc(Br)cc1)[S+](C)(=O)N1CCOCC1. The lowest BCUT2D eigenvalue weighted by atomic mass is 10.3. The minimum atomic E-state index is -2.21. The van der Waals surface area contributed by atoms with Gasteiger partial charge in [-0.3, -0.25) is 0 Å². The molecule has 0 aromatic heterocycles. The predicted octanol–water partition coefficient (Wildman–Crippen LogP) is 2.18. The summed E-state index contributed by atoms with van der Waals surface area (Å²) in [6, 6.07) is 7.85. The lowest BCUT2D eigenvalue weighted by molar-refractivity contribution is 0.0737. The molecule has 0 saturated carbocycles. The Balaban J connectivity index is 2.17. The molecular weight excluding hydrogens is 316 g/mol. The first kappa shape index (κ1) is 14.0. The van der Waals surface area contributed by atoms with Gasteiger partial charge in [0.15, 0.2) is 0 Å². The van der Waals surface area contributed by atoms with Crippen LogP contribution in [0.3, 0.4) is 0 Å². The molecule has 0 bridgehead atoms. The number of rotatable bonds is 3. The molecule has 18 heavy (non-hydrogen) atoms. The van der Waals surface area contributed by atoms with Gasteiger partial charge in [-0.05, 0) is 24.3 Å². The van der Waals surface area contributed by atoms with Crippen LogP contribution in [0, 0.1) is 0 Å². The Morgan fingerprint density at radius 1 is 1.28 bits per heavy atom. The molecule has 1 aromatic rings. The van der Waals surface area contributed by atoms with Crippen molar-refractivity contribution in [1.82, 2.24) is 4.31 Å². The standard InChI is InChI=1S/C12H18BrN2O2S/c1-14(12-5-3-11(13)4-6-12)18(2,16)15-7-9-17-10-8-15/h3-6H,7-10H2,1-2H3/q+1. The maximum Gasteiger partial charge on any atom is 0.251 e. The summed E-state index contributed by atoms with van der Waals surface area (Å²) < 4.78 is 23.1. The summed E-state index contributed by atoms with van der Waals surface area (Å²) in [5.74, 6) is 0. The third-order valence-corrected chi connectivity index (χ3v) is 6.23. The van der Waals surface area contributed by atoms with Crippen LogP contribution < -0.4 is 4.31 Å². The molecule has 0 aliphatic carbocycles. The van der Waals surface area contributed by atoms with E-state index in [1.54, 1.807) is 6.26 Å². The Hall–Kier alpha value is -0.430. The van der Waals surface area contributed by atoms with Crippen molar-refractivity contribution in [2.45, 2.75) is 0 Å². The predicted molar refractivity (Wildman–Crippen MR) is 78.9 cm³/mol. The molecule has 0 N–H and O–H groups in total. The van der Waals surface area contributed by atoms with Gasteiger partial charge < -0.3 is 4.74 Å². The molecule has 0 radical (unpaired) electrons. The molecule has 6 heteroatoms. The highest BCUT2D eigenvalue weighted by Crippen LogP contribution is 2.24. The normalized spacial score (nSPS) is 20.4. The maximum absolute atomic E-state index is 12.9. The van der Waals surface area contributed by atoms with Crippen molar-refractivity contribution in [1.29, 1.82) is 0 Å². The van der Waals surface area contributed by atoms with E-state index in [1.165, 1.54) is 0 Å². The van der Waals surface area contributed by atoms with Gasteiger partial charge in [0.05, 0.1) is 39.0 Å². The molecule has 2 rings (SSSR count). The molecule has 1 saturated heterocycles. The Labute approximate surface area is 118 Å². The van der Waals surface area contributed by atoms with E-state index in [2.05, 4.69) is 15.9 Å². The van der Waals surface area contributed by atoms with Crippen LogP contribution in [0.4, 0.5) is 5.69 Å². The van der Waals surface area contributed by atoms with Crippen LogP contribution in [-0.4, -0.2) is 43.9 Å². The molecule has 1 heterocycles. The Kier molecular flexibility index (Phi) is 4.42. The van der Waals surface area contributed by atoms with Gasteiger partial charge in [0, 0.05) is 4.47 Å². The summed E-state index contributed by atoms with van der Waals surface area (Å²) in [5, 5.41) is 0. The largest absolute Gasteiger partial charge is 0.378 e. The van der Waals surface area contributed by atoms with Crippen LogP contribution in [0.2, 0.25) is 0 Å². The fourth-order valence-corrected chi connectivity index (χ4v) is 3.86. The summed E-state index contributed by atoms with van der Waals surface area (Å²) in [5.41, 5.74) is 0.956. The quantitative estimate of drug-likeness (QED) is 0.794. The lowest BCUT2D eigenvalue weighted by Gasteiger charge is -2.31. The molecule has 1 atom stereocenters. The van der Waals surface area contributed by atoms with Crippen molar-refractivity contribution in [3.63, 3.8) is 0 Å². The number of halogens is 1. The highest BCUT2D eigenvalue weighted by molar-refractivity contribution is 9.10. The van der Waals surface area contributed by atoms with Gasteiger partial charge in [-0.2, -0.15) is 4.31 Å². The first-order chi connectivity index (χ1) is 8.51. The summed E-state index contributed by atoms with van der Waals surface area (Å²) in [6.07, 6.45) is 1.79. The van der Waals surface area contributed by atoms with Gasteiger partial charge in [0.2, 0.25) is 0 Å². The minimum absolute atomic E-state index is 0.652. The maximum atomic E-state index is 12.9. The second-order valence-electron chi connectivity index (χ2n) is 4.28. The van der Waals surface area contributed by atoms with Crippen molar-refractivity contribution in [2.75, 3.05) is 43.9 Å². The molecule has 0 spiro atoms. The van der Waals surface area contributed by atoms with E-state index in [0.29, 0.717) is 13.2 Å². The Morgan fingerprint density at radius 3 is 2.39 bits per heavy atom. The lowest BCUT2D eigenvalue weighted by Crippen LogP contribution is -2.51. The number of anilines is 1. The molecular formula is C12H18BrN2O2S+. The second-order valence-corrected chi connectivity index (χ2v) is 7.78. The second kappa shape index (κ2) is 5.69. The van der Waals surface area contributed by atoms with E-state index in [4.69, 9.17) is 4.74 Å². The third-order valence-electron chi connectivity index (χ3n) is 3.15. The average molecular weight is 334 g/mol. The molecule has 1 aliphatic rings. The molecule has 100 valence electrons. The number of hydrogen-bond acceptors (Lipinski definition) is 2. The molecule has 0 amide bonds. The fourth-order valence-electron chi connectivity index (χ4n) is 1.91. The molecule has 1 aromatic carbocycles. The van der Waals surface area contributed by atoms with E-state index in [-0.39, 0.29) is 0 Å². The smallest absolute Gasteiger partial charge is 0.251 e. The van der Waals surface area contributed by atoms with E-state index in [1.807, 2.05) is 39.9 Å². The number of ether oxygens (including phenoxy) is 1. The fraction of sp³-hybridized carbons (Fsp3) is 0.500. The number of morpholine rings is 1. The van der Waals surface area contributed by atoms with Gasteiger partial charge in [0.25, 0.3) is 10.3 Å². The van der Waals surface area contributed by atoms with Crippen LogP contribution in [0.15, 0.2) is 28.7 Å². The first-order valence-corrected chi connectivity index (χ1v) is 8.50. The van der Waals surface area contributed by atoms with Crippen molar-refractivity contribution >= 4 is 31.9 Å². The van der Waals surface area contributed by atoms with E-state index in [9.17, 15) is 4.21 Å². The number of hydrogen-bond donors (Lipinski definition) is 0. The zero-order valence-corrected chi connectivity index (χ0v) is 13.0. The first-order valence-electron chi connectivity index (χ1n) is 5.83. The van der Waals surface area contributed by atoms with Crippen molar-refractivity contribution < 1.29 is 8.95 Å². The summed E-state index contributed by atoms with van der Waals surface area (Å²) >= 11 is 3.40. The van der Waals surface area contributed by atoms with E-state index in [0.717, 1.165) is 23.2 Å². The van der Waals surface area contributed by atoms with Crippen LogP contribution in [-0.2, 0) is 19.3 Å². The topological polar surface area (TPSA) is 32.8 Å². The number of benzene rings is 1. The van der Waals surface area contributed by atoms with Gasteiger partial charge in [-0.25, -0.2) is 0 Å². The summed E-state index contributed by atoms with van der Waals surface area (Å²) in [6.45, 7) is 2.74. The van der Waals surface area contributed by atoms with E-state index < -0.39 is 10.3 Å². The van der Waals surface area contributed by atoms with Crippen LogP contribution in [0.25, 0.3) is 0 Å². The van der Waals surface area contributed by atoms with Crippen LogP contribution in [0.1, 0.15) is 0 Å². The molecule has 1 aliphatic heterocycles. The molecule has 1 unspecified atom stereocenters. The Morgan fingerprint density at radius 2 is 1.83 bits per heavy atom. The van der Waals surface area contributed by atoms with Gasteiger partial charge >= 0.3 is 0 Å². The summed E-state index contributed by atoms with van der Waals surface area (Å²) in [4.78, 5) is 0. The highest BCUT2D eigenvalue weighted by atomic mass is 79.9. The minimum Gasteiger partial charge on any atom is -0.378 e. The number of nitrogens with zero attached hydrogens (tertiary/aromatic N) is 2. The van der Waals surface area contributed by atoms with Crippen LogP contribution >= 0.6 is 15.9 Å². The molecule has 1 fully saturated rings. The monoisotopic (exact) mass is 333 g/mol. The van der Waals surface area contributed by atoms with Crippen LogP contribution in [0.5, 0.6) is 0 Å². The zero-order chi connectivity index (χ0) is 13.2. The van der Waals surface area contributed by atoms with Gasteiger partial charge in [-0.15, -0.1) is 0 Å². The average Bonchev–Trinajstić information content (AvgIpc) is 2.40.